The molecule has 0 spiro atoms. The molecule has 0 amide bonds. The van der Waals surface area contributed by atoms with Gasteiger partial charge in [-0.05, 0) is 38.0 Å². The topological polar surface area (TPSA) is 59.3 Å². The molecule has 6 unspecified atom stereocenters. The normalized spacial score (nSPS) is 40.4. The highest BCUT2D eigenvalue weighted by atomic mass is 16.6. The minimum absolute atomic E-state index is 0.0622. The van der Waals surface area contributed by atoms with Crippen molar-refractivity contribution in [1.82, 2.24) is 0 Å². The summed E-state index contributed by atoms with van der Waals surface area (Å²) < 4.78 is 11.9. The van der Waals surface area contributed by atoms with Crippen molar-refractivity contribution >= 4 is 5.97 Å². The molecule has 0 N–H and O–H groups in total. The van der Waals surface area contributed by atoms with Crippen LogP contribution in [0, 0.1) is 45.8 Å². The van der Waals surface area contributed by atoms with Crippen LogP contribution in [-0.2, 0) is 14.3 Å². The van der Waals surface area contributed by atoms with Crippen molar-refractivity contribution in [3.05, 3.63) is 0 Å². The maximum Gasteiger partial charge on any atom is 0.312 e. The lowest BCUT2D eigenvalue weighted by molar-refractivity contribution is -0.173. The number of carbonyl (C=O) groups is 1. The second kappa shape index (κ2) is 5.48. The van der Waals surface area contributed by atoms with Crippen molar-refractivity contribution in [2.75, 3.05) is 6.61 Å². The Labute approximate surface area is 139 Å². The molecule has 2 bridgehead atoms. The quantitative estimate of drug-likeness (QED) is 0.727. The van der Waals surface area contributed by atoms with Gasteiger partial charge in [0.15, 0.2) is 0 Å². The highest BCUT2D eigenvalue weighted by molar-refractivity contribution is 5.77. The summed E-state index contributed by atoms with van der Waals surface area (Å²) in [7, 11) is 0. The first kappa shape index (κ1) is 16.8. The smallest absolute Gasteiger partial charge is 0.312 e. The summed E-state index contributed by atoms with van der Waals surface area (Å²) in [6, 6.07) is 2.48. The van der Waals surface area contributed by atoms with Gasteiger partial charge < -0.3 is 9.47 Å². The summed E-state index contributed by atoms with van der Waals surface area (Å²) in [5.41, 5.74) is -0.765. The zero-order chi connectivity index (χ0) is 17.0. The van der Waals surface area contributed by atoms with Crippen LogP contribution in [0.1, 0.15) is 53.9 Å². The third-order valence-corrected chi connectivity index (χ3v) is 6.65. The number of hydrogen-bond acceptors (Lipinski definition) is 4. The standard InChI is InChI=1S/C19H29NO3/c1-11(2)7-18(5,12(3)4)17(21)23-15-13-6-14-16(15)22-10-19(14,8-13)9-20/h11-16H,6-8,10H2,1-5H3. The second-order valence-corrected chi connectivity index (χ2v) is 8.89. The summed E-state index contributed by atoms with van der Waals surface area (Å²) in [5, 5.41) is 9.50. The minimum atomic E-state index is -0.457. The molecule has 6 atom stereocenters. The molecule has 4 heteroatoms. The molecule has 3 fully saturated rings. The van der Waals surface area contributed by atoms with Gasteiger partial charge in [-0.15, -0.1) is 0 Å². The van der Waals surface area contributed by atoms with Gasteiger partial charge in [0.05, 0.1) is 29.6 Å². The van der Waals surface area contributed by atoms with Gasteiger partial charge in [0.1, 0.15) is 6.10 Å². The molecule has 1 saturated heterocycles. The van der Waals surface area contributed by atoms with Crippen LogP contribution in [0.2, 0.25) is 0 Å². The van der Waals surface area contributed by atoms with E-state index in [1.165, 1.54) is 0 Å². The van der Waals surface area contributed by atoms with E-state index in [4.69, 9.17) is 9.47 Å². The van der Waals surface area contributed by atoms with Crippen LogP contribution in [0.3, 0.4) is 0 Å². The maximum atomic E-state index is 13.0. The van der Waals surface area contributed by atoms with Crippen molar-refractivity contribution in [1.29, 1.82) is 5.26 Å². The largest absolute Gasteiger partial charge is 0.459 e. The van der Waals surface area contributed by atoms with E-state index in [0.29, 0.717) is 18.4 Å². The molecule has 2 aliphatic carbocycles. The number of rotatable bonds is 5. The Bertz CT molecular complexity index is 537. The number of fused-ring (bicyclic) bond motifs is 1. The Morgan fingerprint density at radius 1 is 1.43 bits per heavy atom. The lowest BCUT2D eigenvalue weighted by atomic mass is 9.73. The second-order valence-electron chi connectivity index (χ2n) is 8.89. The average molecular weight is 319 g/mol. The number of ether oxygens (including phenoxy) is 2. The number of hydrogen-bond donors (Lipinski definition) is 0. The summed E-state index contributed by atoms with van der Waals surface area (Å²) >= 11 is 0. The lowest BCUT2D eigenvalue weighted by Gasteiger charge is -2.36. The van der Waals surface area contributed by atoms with Crippen molar-refractivity contribution < 1.29 is 14.3 Å². The highest BCUT2D eigenvalue weighted by Gasteiger charge is 2.67. The molecule has 0 radical (unpaired) electrons. The van der Waals surface area contributed by atoms with E-state index in [2.05, 4.69) is 33.8 Å². The fourth-order valence-corrected chi connectivity index (χ4v) is 5.06. The van der Waals surface area contributed by atoms with E-state index >= 15 is 0 Å². The molecular formula is C19H29NO3. The predicted molar refractivity (Wildman–Crippen MR) is 86.3 cm³/mol. The molecule has 1 heterocycles. The summed E-state index contributed by atoms with van der Waals surface area (Å²) in [6.45, 7) is 11.0. The highest BCUT2D eigenvalue weighted by Crippen LogP contribution is 2.61. The van der Waals surface area contributed by atoms with Crippen LogP contribution >= 0.6 is 0 Å². The van der Waals surface area contributed by atoms with Crippen molar-refractivity contribution in [3.8, 4) is 6.07 Å². The zero-order valence-corrected chi connectivity index (χ0v) is 15.0. The number of nitrogens with zero attached hydrogens (tertiary/aromatic N) is 1. The Kier molecular flexibility index (Phi) is 3.99. The monoisotopic (exact) mass is 319 g/mol. The van der Waals surface area contributed by atoms with E-state index < -0.39 is 5.41 Å². The van der Waals surface area contributed by atoms with Gasteiger partial charge in [0, 0.05) is 11.8 Å². The maximum absolute atomic E-state index is 13.0. The Morgan fingerprint density at radius 2 is 2.13 bits per heavy atom. The average Bonchev–Trinajstić information content (AvgIpc) is 3.06. The third-order valence-electron chi connectivity index (χ3n) is 6.65. The van der Waals surface area contributed by atoms with Gasteiger partial charge in [0.25, 0.3) is 0 Å². The fraction of sp³-hybridized carbons (Fsp3) is 0.895. The van der Waals surface area contributed by atoms with Crippen LogP contribution in [0.15, 0.2) is 0 Å². The van der Waals surface area contributed by atoms with Gasteiger partial charge in [-0.2, -0.15) is 5.26 Å². The van der Waals surface area contributed by atoms with E-state index in [1.54, 1.807) is 0 Å². The molecule has 4 nitrogen and oxygen atoms in total. The molecule has 1 aliphatic heterocycles. The van der Waals surface area contributed by atoms with Gasteiger partial charge in [-0.3, -0.25) is 4.79 Å². The summed E-state index contributed by atoms with van der Waals surface area (Å²) in [6.07, 6.45) is 2.41. The van der Waals surface area contributed by atoms with Gasteiger partial charge >= 0.3 is 5.97 Å². The lowest BCUT2D eigenvalue weighted by Crippen LogP contribution is -2.44. The molecular weight excluding hydrogens is 290 g/mol. The molecule has 2 saturated carbocycles. The fourth-order valence-electron chi connectivity index (χ4n) is 5.06. The van der Waals surface area contributed by atoms with Gasteiger partial charge in [-0.1, -0.05) is 27.7 Å². The van der Waals surface area contributed by atoms with E-state index in [-0.39, 0.29) is 35.4 Å². The number of carbonyl (C=O) groups excluding carboxylic acids is 1. The van der Waals surface area contributed by atoms with E-state index in [9.17, 15) is 10.1 Å². The molecule has 0 aromatic rings. The Morgan fingerprint density at radius 3 is 2.70 bits per heavy atom. The Hall–Kier alpha value is -1.08. The first-order valence-electron chi connectivity index (χ1n) is 8.97. The van der Waals surface area contributed by atoms with Crippen LogP contribution in [-0.4, -0.2) is 24.8 Å². The summed E-state index contributed by atoms with van der Waals surface area (Å²) in [5.74, 6) is 1.15. The van der Waals surface area contributed by atoms with Crippen LogP contribution in [0.5, 0.6) is 0 Å². The molecule has 3 rings (SSSR count). The van der Waals surface area contributed by atoms with Gasteiger partial charge in [0.2, 0.25) is 0 Å². The van der Waals surface area contributed by atoms with Crippen molar-refractivity contribution in [2.45, 2.75) is 66.1 Å². The first-order valence-corrected chi connectivity index (χ1v) is 8.97. The van der Waals surface area contributed by atoms with E-state index in [1.807, 2.05) is 6.92 Å². The number of esters is 1. The van der Waals surface area contributed by atoms with Crippen LogP contribution in [0.25, 0.3) is 0 Å². The molecule has 0 aromatic carbocycles. The molecule has 128 valence electrons. The van der Waals surface area contributed by atoms with E-state index in [0.717, 1.165) is 19.3 Å². The summed E-state index contributed by atoms with van der Waals surface area (Å²) in [4.78, 5) is 13.0. The predicted octanol–water partition coefficient (Wildman–Crippen LogP) is 3.56. The van der Waals surface area contributed by atoms with Crippen LogP contribution < -0.4 is 0 Å². The number of nitriles is 1. The Balaban J connectivity index is 1.74. The zero-order valence-electron chi connectivity index (χ0n) is 15.0. The minimum Gasteiger partial charge on any atom is -0.459 e. The molecule has 0 aromatic heterocycles. The van der Waals surface area contributed by atoms with Gasteiger partial charge in [-0.25, -0.2) is 0 Å². The molecule has 23 heavy (non-hydrogen) atoms. The van der Waals surface area contributed by atoms with Crippen LogP contribution in [0.4, 0.5) is 0 Å². The SMILES string of the molecule is CC(C)CC(C)(C(=O)OC1C2CC3C1OCC3(C#N)C2)C(C)C. The first-order chi connectivity index (χ1) is 10.7. The van der Waals surface area contributed by atoms with Crippen molar-refractivity contribution in [3.63, 3.8) is 0 Å². The molecule has 3 aliphatic rings. The third kappa shape index (κ3) is 2.39. The van der Waals surface area contributed by atoms with Crippen molar-refractivity contribution in [2.24, 2.45) is 34.5 Å².